The van der Waals surface area contributed by atoms with Crippen LogP contribution in [-0.4, -0.2) is 48.3 Å². The Balaban J connectivity index is 1.21. The number of rotatable bonds is 10. The molecule has 186 valence electrons. The molecule has 0 radical (unpaired) electrons. The Kier molecular flexibility index (Phi) is 7.57. The number of hydrogen-bond acceptors (Lipinski definition) is 7. The van der Waals surface area contributed by atoms with Gasteiger partial charge >= 0.3 is 0 Å². The van der Waals surface area contributed by atoms with E-state index in [1.807, 2.05) is 48.5 Å². The predicted octanol–water partition coefficient (Wildman–Crippen LogP) is 2.16. The number of carbonyl (C=O) groups is 2. The van der Waals surface area contributed by atoms with Crippen molar-refractivity contribution in [2.75, 3.05) is 30.3 Å². The Hall–Kier alpha value is -3.56. The number of benzene rings is 2. The zero-order valence-electron chi connectivity index (χ0n) is 20.1. The smallest absolute Gasteiger partial charge is 0.242 e. The minimum absolute atomic E-state index is 0.0132. The van der Waals surface area contributed by atoms with Crippen LogP contribution >= 0.6 is 0 Å². The van der Waals surface area contributed by atoms with Crippen molar-refractivity contribution in [3.8, 4) is 5.75 Å². The van der Waals surface area contributed by atoms with Crippen LogP contribution in [0.4, 0.5) is 11.4 Å². The van der Waals surface area contributed by atoms with Crippen molar-refractivity contribution in [2.24, 2.45) is 0 Å². The summed E-state index contributed by atoms with van der Waals surface area (Å²) >= 11 is 0. The van der Waals surface area contributed by atoms with Crippen molar-refractivity contribution in [1.29, 1.82) is 0 Å². The Morgan fingerprint density at radius 3 is 2.60 bits per heavy atom. The van der Waals surface area contributed by atoms with Crippen molar-refractivity contribution in [3.05, 3.63) is 59.7 Å². The second-order valence-corrected chi connectivity index (χ2v) is 9.49. The summed E-state index contributed by atoms with van der Waals surface area (Å²) in [6, 6.07) is 13.6. The fraction of sp³-hybridized carbons (Fsp3) is 0.385. The molecule has 2 aliphatic rings. The van der Waals surface area contributed by atoms with E-state index in [-0.39, 0.29) is 24.0 Å². The third-order valence-corrected chi connectivity index (χ3v) is 6.02. The third kappa shape index (κ3) is 6.74. The Bertz CT molecular complexity index is 1100. The summed E-state index contributed by atoms with van der Waals surface area (Å²) in [6.45, 7) is 5.33. The molecule has 0 saturated carbocycles. The Morgan fingerprint density at radius 1 is 1.06 bits per heavy atom. The van der Waals surface area contributed by atoms with Gasteiger partial charge in [-0.25, -0.2) is 0 Å². The number of anilines is 2. The van der Waals surface area contributed by atoms with Crippen LogP contribution in [0.25, 0.3) is 5.70 Å². The molecule has 0 saturated heterocycles. The number of amides is 2. The molecular formula is C26H33N5O4. The van der Waals surface area contributed by atoms with Gasteiger partial charge in [0.2, 0.25) is 11.8 Å². The summed E-state index contributed by atoms with van der Waals surface area (Å²) in [4.78, 5) is 22.9. The fourth-order valence-corrected chi connectivity index (χ4v) is 3.94. The minimum atomic E-state index is -0.681. The highest BCUT2D eigenvalue weighted by Gasteiger charge is 2.21. The van der Waals surface area contributed by atoms with E-state index in [1.165, 1.54) is 0 Å². The average Bonchev–Trinajstić information content (AvgIpc) is 2.86. The summed E-state index contributed by atoms with van der Waals surface area (Å²) < 4.78 is 5.87. The van der Waals surface area contributed by atoms with Gasteiger partial charge in [-0.2, -0.15) is 0 Å². The van der Waals surface area contributed by atoms with Crippen LogP contribution in [-0.2, 0) is 16.0 Å². The molecule has 1 atom stereocenters. The van der Waals surface area contributed by atoms with Gasteiger partial charge in [-0.15, -0.1) is 0 Å². The van der Waals surface area contributed by atoms with E-state index < -0.39 is 6.10 Å². The summed E-state index contributed by atoms with van der Waals surface area (Å²) in [7, 11) is 0. The molecule has 4 rings (SSSR count). The van der Waals surface area contributed by atoms with E-state index in [4.69, 9.17) is 4.74 Å². The zero-order valence-corrected chi connectivity index (χ0v) is 20.1. The van der Waals surface area contributed by atoms with Gasteiger partial charge in [0.05, 0.1) is 5.70 Å². The van der Waals surface area contributed by atoms with Gasteiger partial charge < -0.3 is 25.8 Å². The number of fused-ring (bicyclic) bond motifs is 1. The molecule has 9 heteroatoms. The number of hydrogen-bond donors (Lipinski definition) is 6. The van der Waals surface area contributed by atoms with Crippen LogP contribution in [0.3, 0.4) is 0 Å². The molecule has 0 aliphatic carbocycles. The fourth-order valence-electron chi connectivity index (χ4n) is 3.94. The molecule has 0 aromatic heterocycles. The topological polar surface area (TPSA) is 124 Å². The maximum absolute atomic E-state index is 11.6. The normalized spacial score (nSPS) is 16.3. The Morgan fingerprint density at radius 2 is 1.86 bits per heavy atom. The van der Waals surface area contributed by atoms with Crippen LogP contribution in [0.1, 0.15) is 37.8 Å². The van der Waals surface area contributed by atoms with Crippen molar-refractivity contribution < 1.29 is 19.4 Å². The standard InChI is InChI=1S/C26H33N5O4/c1-26(2,16-27-18-8-6-17(7-9-18)21-11-13-25(34)31-30-21)28-14-19(32)15-35-23-5-3-4-22-20(23)10-12-24(33)29-22/h3-9,11,19,27-28,30,32H,10,12-16H2,1-2H3,(H,29,33)(H,31,34). The lowest BCUT2D eigenvalue weighted by atomic mass is 10.0. The van der Waals surface area contributed by atoms with Gasteiger partial charge in [0.25, 0.3) is 0 Å². The average molecular weight is 480 g/mol. The lowest BCUT2D eigenvalue weighted by Crippen LogP contribution is -2.49. The van der Waals surface area contributed by atoms with Crippen LogP contribution < -0.4 is 31.5 Å². The quantitative estimate of drug-likeness (QED) is 0.309. The molecule has 0 bridgehead atoms. The second-order valence-electron chi connectivity index (χ2n) is 9.49. The zero-order chi connectivity index (χ0) is 24.8. The van der Waals surface area contributed by atoms with Gasteiger partial charge in [-0.05, 0) is 56.2 Å². The molecule has 2 amide bonds. The number of aliphatic hydroxyl groups excluding tert-OH is 1. The maximum Gasteiger partial charge on any atom is 0.242 e. The van der Waals surface area contributed by atoms with Gasteiger partial charge in [-0.1, -0.05) is 18.2 Å². The highest BCUT2D eigenvalue weighted by Crippen LogP contribution is 2.31. The van der Waals surface area contributed by atoms with E-state index >= 15 is 0 Å². The van der Waals surface area contributed by atoms with Crippen molar-refractivity contribution in [2.45, 2.75) is 44.8 Å². The molecule has 1 unspecified atom stereocenters. The second kappa shape index (κ2) is 10.8. The number of hydrazine groups is 1. The molecule has 35 heavy (non-hydrogen) atoms. The van der Waals surface area contributed by atoms with Gasteiger partial charge in [0.15, 0.2) is 0 Å². The van der Waals surface area contributed by atoms with Crippen LogP contribution in [0.15, 0.2) is 48.5 Å². The predicted molar refractivity (Wildman–Crippen MR) is 136 cm³/mol. The van der Waals surface area contributed by atoms with Crippen LogP contribution in [0.2, 0.25) is 0 Å². The number of ether oxygens (including phenoxy) is 1. The van der Waals surface area contributed by atoms with Crippen LogP contribution in [0.5, 0.6) is 5.75 Å². The van der Waals surface area contributed by atoms with E-state index in [1.54, 1.807) is 0 Å². The van der Waals surface area contributed by atoms with E-state index in [0.717, 1.165) is 28.2 Å². The first-order valence-electron chi connectivity index (χ1n) is 11.9. The lowest BCUT2D eigenvalue weighted by molar-refractivity contribution is -0.121. The van der Waals surface area contributed by atoms with Gasteiger partial charge in [-0.3, -0.25) is 20.4 Å². The number of nitrogens with one attached hydrogen (secondary N) is 5. The Labute approximate surface area is 205 Å². The largest absolute Gasteiger partial charge is 0.490 e. The molecule has 9 nitrogen and oxygen atoms in total. The third-order valence-electron chi connectivity index (χ3n) is 6.02. The SMILES string of the molecule is CC(C)(CNc1ccc(C2=CCC(=O)NN2)cc1)NCC(O)COc1cccc2c1CCC(=O)N2. The molecule has 2 aromatic rings. The molecule has 2 aromatic carbocycles. The molecular weight excluding hydrogens is 446 g/mol. The lowest BCUT2D eigenvalue weighted by Gasteiger charge is -2.29. The highest BCUT2D eigenvalue weighted by molar-refractivity contribution is 5.94. The first-order chi connectivity index (χ1) is 16.8. The number of β-amino-alcohol motifs (C(OH)–C–C–N with tert-alkyl or cyclic N) is 1. The highest BCUT2D eigenvalue weighted by atomic mass is 16.5. The first kappa shape index (κ1) is 24.6. The molecule has 0 spiro atoms. The van der Waals surface area contributed by atoms with Crippen molar-refractivity contribution in [3.63, 3.8) is 0 Å². The summed E-state index contributed by atoms with van der Waals surface area (Å²) in [6.07, 6.45) is 2.63. The van der Waals surface area contributed by atoms with Crippen molar-refractivity contribution >= 4 is 28.9 Å². The maximum atomic E-state index is 11.6. The van der Waals surface area contributed by atoms with E-state index in [2.05, 4.69) is 40.6 Å². The van der Waals surface area contributed by atoms with E-state index in [9.17, 15) is 14.7 Å². The number of aliphatic hydroxyl groups is 1. The summed E-state index contributed by atoms with van der Waals surface area (Å²) in [5, 5.41) is 20.1. The molecule has 2 aliphatic heterocycles. The molecule has 2 heterocycles. The van der Waals surface area contributed by atoms with Gasteiger partial charge in [0, 0.05) is 48.4 Å². The van der Waals surface area contributed by atoms with E-state index in [0.29, 0.717) is 38.1 Å². The summed E-state index contributed by atoms with van der Waals surface area (Å²) in [5.41, 5.74) is 9.88. The van der Waals surface area contributed by atoms with Crippen molar-refractivity contribution in [1.82, 2.24) is 16.2 Å². The van der Waals surface area contributed by atoms with Crippen LogP contribution in [0, 0.1) is 0 Å². The van der Waals surface area contributed by atoms with Gasteiger partial charge in [0.1, 0.15) is 18.5 Å². The molecule has 0 fully saturated rings. The number of carbonyl (C=O) groups excluding carboxylic acids is 2. The monoisotopic (exact) mass is 479 g/mol. The first-order valence-corrected chi connectivity index (χ1v) is 11.9. The summed E-state index contributed by atoms with van der Waals surface area (Å²) in [5.74, 6) is 0.666. The minimum Gasteiger partial charge on any atom is -0.490 e. The molecule has 6 N–H and O–H groups in total.